The fraction of sp³-hybridized carbons (Fsp3) is 0.619. The van der Waals surface area contributed by atoms with Gasteiger partial charge < -0.3 is 14.6 Å². The second-order valence-corrected chi connectivity index (χ2v) is 7.79. The minimum absolute atomic E-state index is 0.0658. The molecule has 1 rings (SSSR count). The van der Waals surface area contributed by atoms with Crippen molar-refractivity contribution in [2.45, 2.75) is 78.1 Å². The molecule has 1 atom stereocenters. The Balaban J connectivity index is 3.32. The molecule has 1 N–H and O–H groups in total. The predicted molar refractivity (Wildman–Crippen MR) is 100 cm³/mol. The van der Waals surface area contributed by atoms with Gasteiger partial charge in [-0.1, -0.05) is 59.8 Å². The van der Waals surface area contributed by atoms with Crippen molar-refractivity contribution in [2.75, 3.05) is 6.61 Å². The van der Waals surface area contributed by atoms with E-state index in [1.54, 1.807) is 6.08 Å². The average Bonchev–Trinajstić information content (AvgIpc) is 2.52. The smallest absolute Gasteiger partial charge is 0.321 e. The van der Waals surface area contributed by atoms with Crippen molar-refractivity contribution in [1.29, 1.82) is 0 Å². The van der Waals surface area contributed by atoms with Crippen molar-refractivity contribution in [3.8, 4) is 5.75 Å². The summed E-state index contributed by atoms with van der Waals surface area (Å²) in [4.78, 5) is 0. The summed E-state index contributed by atoms with van der Waals surface area (Å²) in [6.45, 7) is 18.6. The SMILES string of the molecule is C=CCOC(C)(O)Oc1ccc(C(C)(C)CC)cc1C(C)(C)CC. The molecular formula is C21H34O3. The molecule has 0 radical (unpaired) electrons. The second-order valence-electron chi connectivity index (χ2n) is 7.79. The lowest BCUT2D eigenvalue weighted by Crippen LogP contribution is -2.36. The molecule has 0 spiro atoms. The summed E-state index contributed by atoms with van der Waals surface area (Å²) in [5.41, 5.74) is 2.40. The highest BCUT2D eigenvalue weighted by Gasteiger charge is 2.30. The Kier molecular flexibility index (Phi) is 6.66. The van der Waals surface area contributed by atoms with E-state index < -0.39 is 5.97 Å². The van der Waals surface area contributed by atoms with Gasteiger partial charge in [0.25, 0.3) is 0 Å². The van der Waals surface area contributed by atoms with Gasteiger partial charge in [-0.25, -0.2) is 0 Å². The first-order valence-electron chi connectivity index (χ1n) is 8.80. The van der Waals surface area contributed by atoms with E-state index in [4.69, 9.17) is 9.47 Å². The maximum absolute atomic E-state index is 10.3. The topological polar surface area (TPSA) is 38.7 Å². The Morgan fingerprint density at radius 1 is 1.04 bits per heavy atom. The van der Waals surface area contributed by atoms with E-state index in [1.165, 1.54) is 12.5 Å². The highest BCUT2D eigenvalue weighted by atomic mass is 16.8. The zero-order chi connectivity index (χ0) is 18.6. The van der Waals surface area contributed by atoms with Crippen LogP contribution in [0.5, 0.6) is 5.75 Å². The van der Waals surface area contributed by atoms with Crippen molar-refractivity contribution in [3.63, 3.8) is 0 Å². The molecule has 0 aliphatic carbocycles. The molecule has 0 aliphatic rings. The van der Waals surface area contributed by atoms with Gasteiger partial charge in [0.15, 0.2) is 0 Å². The molecular weight excluding hydrogens is 300 g/mol. The molecule has 0 amide bonds. The molecule has 136 valence electrons. The van der Waals surface area contributed by atoms with Gasteiger partial charge in [-0.05, 0) is 35.3 Å². The molecule has 1 unspecified atom stereocenters. The number of hydrogen-bond acceptors (Lipinski definition) is 3. The van der Waals surface area contributed by atoms with Crippen molar-refractivity contribution < 1.29 is 14.6 Å². The Labute approximate surface area is 147 Å². The first-order valence-corrected chi connectivity index (χ1v) is 8.80. The van der Waals surface area contributed by atoms with Gasteiger partial charge in [-0.15, -0.1) is 6.58 Å². The van der Waals surface area contributed by atoms with Crippen LogP contribution in [0.15, 0.2) is 30.9 Å². The van der Waals surface area contributed by atoms with Crippen LogP contribution >= 0.6 is 0 Å². The third-order valence-electron chi connectivity index (χ3n) is 5.03. The highest BCUT2D eigenvalue weighted by molar-refractivity contribution is 5.44. The van der Waals surface area contributed by atoms with Crippen LogP contribution in [-0.4, -0.2) is 17.7 Å². The third-order valence-corrected chi connectivity index (χ3v) is 5.03. The van der Waals surface area contributed by atoms with Gasteiger partial charge >= 0.3 is 5.97 Å². The van der Waals surface area contributed by atoms with E-state index >= 15 is 0 Å². The summed E-state index contributed by atoms with van der Waals surface area (Å²) in [5, 5.41) is 10.3. The van der Waals surface area contributed by atoms with Gasteiger partial charge in [0, 0.05) is 12.5 Å². The molecule has 3 nitrogen and oxygen atoms in total. The highest BCUT2D eigenvalue weighted by Crippen LogP contribution is 2.39. The van der Waals surface area contributed by atoms with Crippen LogP contribution in [0.1, 0.15) is 72.4 Å². The van der Waals surface area contributed by atoms with Crippen LogP contribution in [0.3, 0.4) is 0 Å². The Morgan fingerprint density at radius 3 is 2.12 bits per heavy atom. The fourth-order valence-electron chi connectivity index (χ4n) is 2.41. The van der Waals surface area contributed by atoms with Crippen LogP contribution in [0.2, 0.25) is 0 Å². The lowest BCUT2D eigenvalue weighted by Gasteiger charge is -2.32. The summed E-state index contributed by atoms with van der Waals surface area (Å²) in [6.07, 6.45) is 3.61. The quantitative estimate of drug-likeness (QED) is 0.491. The van der Waals surface area contributed by atoms with Crippen LogP contribution < -0.4 is 4.74 Å². The van der Waals surface area contributed by atoms with E-state index in [0.717, 1.165) is 18.4 Å². The normalized spacial score (nSPS) is 15.0. The standard InChI is InChI=1S/C21H34O3/c1-9-14-23-21(8,22)24-18-13-12-16(19(4,5)10-2)15-17(18)20(6,7)11-3/h9,12-13,15,22H,1,10-11,14H2,2-8H3. The van der Waals surface area contributed by atoms with Gasteiger partial charge in [0.2, 0.25) is 0 Å². The number of ether oxygens (including phenoxy) is 2. The molecule has 3 heteroatoms. The summed E-state index contributed by atoms with van der Waals surface area (Å²) in [6, 6.07) is 6.24. The monoisotopic (exact) mass is 334 g/mol. The zero-order valence-corrected chi connectivity index (χ0v) is 16.4. The molecule has 24 heavy (non-hydrogen) atoms. The van der Waals surface area contributed by atoms with E-state index in [0.29, 0.717) is 5.75 Å². The minimum atomic E-state index is -1.69. The van der Waals surface area contributed by atoms with Crippen LogP contribution in [0, 0.1) is 0 Å². The van der Waals surface area contributed by atoms with Crippen molar-refractivity contribution in [3.05, 3.63) is 42.0 Å². The molecule has 0 fully saturated rings. The first-order chi connectivity index (χ1) is 11.0. The summed E-state index contributed by atoms with van der Waals surface area (Å²) in [7, 11) is 0. The van der Waals surface area contributed by atoms with Crippen LogP contribution in [0.4, 0.5) is 0 Å². The van der Waals surface area contributed by atoms with E-state index in [1.807, 2.05) is 6.07 Å². The number of rotatable bonds is 9. The largest absolute Gasteiger partial charge is 0.439 e. The summed E-state index contributed by atoms with van der Waals surface area (Å²) in [5.74, 6) is -1.03. The van der Waals surface area contributed by atoms with Crippen molar-refractivity contribution in [1.82, 2.24) is 0 Å². The molecule has 0 aromatic heterocycles. The summed E-state index contributed by atoms with van der Waals surface area (Å²) >= 11 is 0. The van der Waals surface area contributed by atoms with Crippen molar-refractivity contribution in [2.24, 2.45) is 0 Å². The van der Waals surface area contributed by atoms with Crippen LogP contribution in [0.25, 0.3) is 0 Å². The Morgan fingerprint density at radius 2 is 1.62 bits per heavy atom. The van der Waals surface area contributed by atoms with Crippen molar-refractivity contribution >= 4 is 0 Å². The van der Waals surface area contributed by atoms with Gasteiger partial charge in [0.05, 0.1) is 6.61 Å². The maximum atomic E-state index is 10.3. The molecule has 0 heterocycles. The molecule has 0 bridgehead atoms. The molecule has 1 aromatic rings. The average molecular weight is 335 g/mol. The predicted octanol–water partition coefficient (Wildman–Crippen LogP) is 5.31. The molecule has 0 saturated carbocycles. The molecule has 0 aliphatic heterocycles. The fourth-order valence-corrected chi connectivity index (χ4v) is 2.41. The number of aliphatic hydroxyl groups is 1. The number of hydrogen-bond donors (Lipinski definition) is 1. The van der Waals surface area contributed by atoms with Crippen LogP contribution in [-0.2, 0) is 15.6 Å². The van der Waals surface area contributed by atoms with E-state index in [2.05, 4.69) is 60.3 Å². The minimum Gasteiger partial charge on any atom is -0.439 e. The Hall–Kier alpha value is -1.32. The van der Waals surface area contributed by atoms with E-state index in [9.17, 15) is 5.11 Å². The van der Waals surface area contributed by atoms with Gasteiger partial charge in [0.1, 0.15) is 5.75 Å². The first kappa shape index (κ1) is 20.7. The van der Waals surface area contributed by atoms with Gasteiger partial charge in [-0.3, -0.25) is 0 Å². The molecule has 1 aromatic carbocycles. The van der Waals surface area contributed by atoms with Gasteiger partial charge in [-0.2, -0.15) is 0 Å². The van der Waals surface area contributed by atoms with E-state index in [-0.39, 0.29) is 17.4 Å². The number of benzene rings is 1. The lowest BCUT2D eigenvalue weighted by molar-refractivity contribution is -0.302. The third kappa shape index (κ3) is 5.09. The Bertz CT molecular complexity index is 556. The maximum Gasteiger partial charge on any atom is 0.321 e. The lowest BCUT2D eigenvalue weighted by atomic mass is 9.76. The zero-order valence-electron chi connectivity index (χ0n) is 16.4. The summed E-state index contributed by atoms with van der Waals surface area (Å²) < 4.78 is 11.1. The molecule has 0 saturated heterocycles. The second kappa shape index (κ2) is 7.71.